The first kappa shape index (κ1) is 18.9. The molecule has 1 aliphatic carbocycles. The zero-order valence-corrected chi connectivity index (χ0v) is 17.0. The number of halogens is 1. The zero-order chi connectivity index (χ0) is 18.8. The Morgan fingerprint density at radius 3 is 2.44 bits per heavy atom. The van der Waals surface area contributed by atoms with E-state index in [0.717, 1.165) is 49.4 Å². The fraction of sp³-hybridized carbons (Fsp3) is 0.667. The van der Waals surface area contributed by atoms with Gasteiger partial charge in [0.25, 0.3) is 0 Å². The van der Waals surface area contributed by atoms with Gasteiger partial charge in [-0.15, -0.1) is 0 Å². The van der Waals surface area contributed by atoms with E-state index < -0.39 is 0 Å². The Labute approximate surface area is 167 Å². The molecule has 0 spiro atoms. The number of nitrogens with zero attached hydrogens (tertiary/aromatic N) is 3. The number of piperidine rings is 1. The van der Waals surface area contributed by atoms with Crippen LogP contribution in [0.1, 0.15) is 31.2 Å². The van der Waals surface area contributed by atoms with Gasteiger partial charge in [-0.3, -0.25) is 0 Å². The monoisotopic (exact) mass is 390 g/mol. The summed E-state index contributed by atoms with van der Waals surface area (Å²) in [5.74, 6) is 0.638. The molecule has 2 aliphatic heterocycles. The molecule has 0 atom stereocenters. The molecule has 1 aromatic carbocycles. The van der Waals surface area contributed by atoms with E-state index in [1.807, 2.05) is 17.0 Å². The number of anilines is 1. The van der Waals surface area contributed by atoms with E-state index in [1.165, 1.54) is 44.5 Å². The van der Waals surface area contributed by atoms with Gasteiger partial charge in [-0.1, -0.05) is 17.7 Å². The first-order valence-corrected chi connectivity index (χ1v) is 10.8. The lowest BCUT2D eigenvalue weighted by Crippen LogP contribution is -2.52. The highest BCUT2D eigenvalue weighted by atomic mass is 35.5. The van der Waals surface area contributed by atoms with Gasteiger partial charge >= 0.3 is 6.03 Å². The lowest BCUT2D eigenvalue weighted by atomic mass is 9.97. The first-order chi connectivity index (χ1) is 13.1. The maximum atomic E-state index is 12.6. The summed E-state index contributed by atoms with van der Waals surface area (Å²) in [6.45, 7) is 8.54. The van der Waals surface area contributed by atoms with Crippen molar-refractivity contribution in [2.24, 2.45) is 5.92 Å². The third-order valence-corrected chi connectivity index (χ3v) is 6.81. The van der Waals surface area contributed by atoms with Crippen LogP contribution in [0.25, 0.3) is 0 Å². The quantitative estimate of drug-likeness (QED) is 0.856. The number of carbonyl (C=O) groups is 1. The summed E-state index contributed by atoms with van der Waals surface area (Å²) in [4.78, 5) is 19.5. The summed E-state index contributed by atoms with van der Waals surface area (Å²) >= 11 is 6.25. The molecule has 3 fully saturated rings. The van der Waals surface area contributed by atoms with Gasteiger partial charge in [0.1, 0.15) is 0 Å². The fourth-order valence-corrected chi connectivity index (χ4v) is 4.56. The average Bonchev–Trinajstić information content (AvgIpc) is 3.54. The number of likely N-dealkylation sites (tertiary alicyclic amines) is 1. The number of carbonyl (C=O) groups excluding carboxylic acids is 1. The van der Waals surface area contributed by atoms with Gasteiger partial charge in [0, 0.05) is 49.5 Å². The van der Waals surface area contributed by atoms with Gasteiger partial charge in [-0.25, -0.2) is 4.79 Å². The number of hydrogen-bond acceptors (Lipinski definition) is 3. The van der Waals surface area contributed by atoms with Crippen LogP contribution in [0.4, 0.5) is 10.5 Å². The molecule has 2 heterocycles. The molecule has 1 N–H and O–H groups in total. The standard InChI is InChI=1S/C21H31ClN4O/c1-16-19(22)3-2-4-20(16)25-11-13-26(14-12-25)21(27)23-15-17-7-9-24(10-8-17)18-5-6-18/h2-4,17-18H,5-15H2,1H3,(H,23,27). The SMILES string of the molecule is Cc1c(Cl)cccc1N1CCN(C(=O)NCC2CCN(C3CC3)CC2)CC1. The van der Waals surface area contributed by atoms with Crippen molar-refractivity contribution < 1.29 is 4.79 Å². The Bertz CT molecular complexity index is 662. The van der Waals surface area contributed by atoms with Crippen LogP contribution in [0.5, 0.6) is 0 Å². The molecule has 2 saturated heterocycles. The average molecular weight is 391 g/mol. The van der Waals surface area contributed by atoms with Crippen LogP contribution in [0.3, 0.4) is 0 Å². The maximum absolute atomic E-state index is 12.6. The van der Waals surface area contributed by atoms with E-state index in [4.69, 9.17) is 11.6 Å². The summed E-state index contributed by atoms with van der Waals surface area (Å²) in [7, 11) is 0. The normalized spacial score (nSPS) is 22.1. The van der Waals surface area contributed by atoms with E-state index in [-0.39, 0.29) is 6.03 Å². The highest BCUT2D eigenvalue weighted by molar-refractivity contribution is 6.31. The summed E-state index contributed by atoms with van der Waals surface area (Å²) in [5, 5.41) is 3.99. The van der Waals surface area contributed by atoms with Crippen molar-refractivity contribution in [3.63, 3.8) is 0 Å². The molecule has 3 aliphatic rings. The molecule has 0 unspecified atom stereocenters. The molecule has 1 saturated carbocycles. The van der Waals surface area contributed by atoms with E-state index in [9.17, 15) is 4.79 Å². The van der Waals surface area contributed by atoms with Crippen molar-refractivity contribution >= 4 is 23.3 Å². The highest BCUT2D eigenvalue weighted by Crippen LogP contribution is 2.30. The lowest BCUT2D eigenvalue weighted by Gasteiger charge is -2.37. The van der Waals surface area contributed by atoms with Gasteiger partial charge in [-0.2, -0.15) is 0 Å². The van der Waals surface area contributed by atoms with Gasteiger partial charge in [0.15, 0.2) is 0 Å². The van der Waals surface area contributed by atoms with Crippen LogP contribution >= 0.6 is 11.6 Å². The Morgan fingerprint density at radius 2 is 1.78 bits per heavy atom. The molecular weight excluding hydrogens is 360 g/mol. The predicted octanol–water partition coefficient (Wildman–Crippen LogP) is 3.35. The second kappa shape index (κ2) is 8.27. The second-order valence-electron chi connectivity index (χ2n) is 8.25. The van der Waals surface area contributed by atoms with E-state index in [1.54, 1.807) is 0 Å². The topological polar surface area (TPSA) is 38.8 Å². The van der Waals surface area contributed by atoms with Gasteiger partial charge in [-0.05, 0) is 69.3 Å². The van der Waals surface area contributed by atoms with Crippen molar-refractivity contribution in [2.45, 2.75) is 38.6 Å². The minimum Gasteiger partial charge on any atom is -0.368 e. The molecular formula is C21H31ClN4O. The van der Waals surface area contributed by atoms with Gasteiger partial charge < -0.3 is 20.0 Å². The molecule has 0 aromatic heterocycles. The summed E-state index contributed by atoms with van der Waals surface area (Å²) in [6.07, 6.45) is 5.22. The molecule has 1 aromatic rings. The number of rotatable bonds is 4. The van der Waals surface area contributed by atoms with Crippen LogP contribution in [0.2, 0.25) is 5.02 Å². The van der Waals surface area contributed by atoms with Crippen LogP contribution in [0.15, 0.2) is 18.2 Å². The van der Waals surface area contributed by atoms with E-state index in [0.29, 0.717) is 5.92 Å². The fourth-order valence-electron chi connectivity index (χ4n) is 4.39. The summed E-state index contributed by atoms with van der Waals surface area (Å²) in [5.41, 5.74) is 2.31. The Balaban J connectivity index is 1.20. The van der Waals surface area contributed by atoms with Gasteiger partial charge in [0.05, 0.1) is 0 Å². The van der Waals surface area contributed by atoms with Crippen molar-refractivity contribution in [3.05, 3.63) is 28.8 Å². The van der Waals surface area contributed by atoms with Crippen molar-refractivity contribution in [3.8, 4) is 0 Å². The molecule has 27 heavy (non-hydrogen) atoms. The number of hydrogen-bond donors (Lipinski definition) is 1. The third kappa shape index (κ3) is 4.52. The van der Waals surface area contributed by atoms with Crippen LogP contribution in [-0.4, -0.2) is 67.7 Å². The van der Waals surface area contributed by atoms with Crippen molar-refractivity contribution in [1.82, 2.24) is 15.1 Å². The lowest BCUT2D eigenvalue weighted by molar-refractivity contribution is 0.166. The summed E-state index contributed by atoms with van der Waals surface area (Å²) < 4.78 is 0. The second-order valence-corrected chi connectivity index (χ2v) is 8.66. The van der Waals surface area contributed by atoms with Crippen LogP contribution in [0, 0.1) is 12.8 Å². The maximum Gasteiger partial charge on any atom is 0.317 e. The molecule has 4 rings (SSSR count). The highest BCUT2D eigenvalue weighted by Gasteiger charge is 2.32. The first-order valence-electron chi connectivity index (χ1n) is 10.4. The Morgan fingerprint density at radius 1 is 1.07 bits per heavy atom. The van der Waals surface area contributed by atoms with E-state index >= 15 is 0 Å². The number of nitrogens with one attached hydrogen (secondary N) is 1. The van der Waals surface area contributed by atoms with Crippen LogP contribution < -0.4 is 10.2 Å². The molecule has 0 radical (unpaired) electrons. The smallest absolute Gasteiger partial charge is 0.317 e. The largest absolute Gasteiger partial charge is 0.368 e. The number of urea groups is 1. The molecule has 5 nitrogen and oxygen atoms in total. The zero-order valence-electron chi connectivity index (χ0n) is 16.3. The number of piperazine rings is 1. The Hall–Kier alpha value is -1.46. The summed E-state index contributed by atoms with van der Waals surface area (Å²) in [6, 6.07) is 7.02. The van der Waals surface area contributed by atoms with Crippen molar-refractivity contribution in [1.29, 1.82) is 0 Å². The Kier molecular flexibility index (Phi) is 5.79. The number of amides is 2. The minimum atomic E-state index is 0.0992. The molecule has 148 valence electrons. The number of benzene rings is 1. The van der Waals surface area contributed by atoms with Crippen LogP contribution in [-0.2, 0) is 0 Å². The van der Waals surface area contributed by atoms with E-state index in [2.05, 4.69) is 28.1 Å². The molecule has 2 amide bonds. The van der Waals surface area contributed by atoms with Crippen molar-refractivity contribution in [2.75, 3.05) is 50.7 Å². The predicted molar refractivity (Wildman–Crippen MR) is 111 cm³/mol. The third-order valence-electron chi connectivity index (χ3n) is 6.40. The minimum absolute atomic E-state index is 0.0992. The molecule has 0 bridgehead atoms. The molecule has 6 heteroatoms. The van der Waals surface area contributed by atoms with Gasteiger partial charge in [0.2, 0.25) is 0 Å².